The van der Waals surface area contributed by atoms with Crippen LogP contribution in [0.1, 0.15) is 51.5 Å². The summed E-state index contributed by atoms with van der Waals surface area (Å²) >= 11 is 0. The maximum Gasteiger partial charge on any atom is 0.305 e. The van der Waals surface area contributed by atoms with Crippen LogP contribution in [-0.2, 0) is 39.9 Å². The van der Waals surface area contributed by atoms with E-state index in [4.69, 9.17) is 23.7 Å². The van der Waals surface area contributed by atoms with Crippen molar-refractivity contribution in [2.75, 3.05) is 6.61 Å². The zero-order valence-electron chi connectivity index (χ0n) is 16.9. The zero-order chi connectivity index (χ0) is 20.5. The summed E-state index contributed by atoms with van der Waals surface area (Å²) in [6.07, 6.45) is 2.44. The van der Waals surface area contributed by atoms with E-state index in [-0.39, 0.29) is 11.3 Å². The number of ether oxygens (including phenoxy) is 5. The molecule has 158 valence electrons. The molecular weight excluding hydrogens is 376 g/mol. The van der Waals surface area contributed by atoms with Gasteiger partial charge in [-0.2, -0.15) is 0 Å². The highest BCUT2D eigenvalue weighted by atomic mass is 16.8. The number of rotatable bonds is 7. The van der Waals surface area contributed by atoms with Crippen LogP contribution >= 0.6 is 0 Å². The molecule has 4 aliphatic rings. The number of carbonyl (C=O) groups excluding carboxylic acids is 2. The van der Waals surface area contributed by atoms with E-state index in [0.717, 1.165) is 24.8 Å². The van der Waals surface area contributed by atoms with E-state index in [0.29, 0.717) is 26.1 Å². The molecule has 1 saturated carbocycles. The highest BCUT2D eigenvalue weighted by Crippen LogP contribution is 2.62. The molecule has 4 bridgehead atoms. The predicted octanol–water partition coefficient (Wildman–Crippen LogP) is 3.31. The summed E-state index contributed by atoms with van der Waals surface area (Å²) < 4.78 is 29.1. The van der Waals surface area contributed by atoms with E-state index < -0.39 is 30.3 Å². The van der Waals surface area contributed by atoms with Crippen LogP contribution in [0.3, 0.4) is 0 Å². The van der Waals surface area contributed by atoms with Gasteiger partial charge in [-0.1, -0.05) is 30.3 Å². The molecule has 3 heterocycles. The smallest absolute Gasteiger partial charge is 0.305 e. The van der Waals surface area contributed by atoms with Crippen molar-refractivity contribution in [3.8, 4) is 0 Å². The van der Waals surface area contributed by atoms with E-state index in [9.17, 15) is 9.59 Å². The Kier molecular flexibility index (Phi) is 5.64. The number of benzene rings is 1. The van der Waals surface area contributed by atoms with Gasteiger partial charge in [0.1, 0.15) is 0 Å². The van der Waals surface area contributed by atoms with E-state index in [1.165, 1.54) is 13.8 Å². The van der Waals surface area contributed by atoms with Crippen molar-refractivity contribution in [1.82, 2.24) is 0 Å². The van der Waals surface area contributed by atoms with Gasteiger partial charge in [-0.15, -0.1) is 0 Å². The van der Waals surface area contributed by atoms with Crippen molar-refractivity contribution in [2.45, 2.75) is 70.9 Å². The van der Waals surface area contributed by atoms with Crippen LogP contribution < -0.4 is 0 Å². The highest BCUT2D eigenvalue weighted by Gasteiger charge is 2.69. The molecule has 0 radical (unpaired) electrons. The molecule has 29 heavy (non-hydrogen) atoms. The van der Waals surface area contributed by atoms with Crippen molar-refractivity contribution >= 4 is 11.9 Å². The van der Waals surface area contributed by atoms with Crippen LogP contribution in [0.15, 0.2) is 30.3 Å². The standard InChI is InChI=1S/C22H28O7/c1-15(23)26-20-19-21(11-12-25-14-17-7-4-3-5-8-17)9-6-10-22(19,28-16(2)24)29-18(13-21)27-20/h3-5,7-8,18-20H,6,9-14H2,1-2H3/t18-,19-,20-,21-,22+/m1/s1. The molecule has 0 spiro atoms. The van der Waals surface area contributed by atoms with Gasteiger partial charge in [0.15, 0.2) is 6.29 Å². The van der Waals surface area contributed by atoms with Crippen LogP contribution in [0.4, 0.5) is 0 Å². The molecule has 0 aromatic heterocycles. The van der Waals surface area contributed by atoms with E-state index in [1.807, 2.05) is 30.3 Å². The fourth-order valence-corrected chi connectivity index (χ4v) is 5.29. The van der Waals surface area contributed by atoms with E-state index >= 15 is 0 Å². The van der Waals surface area contributed by atoms with Crippen LogP contribution in [-0.4, -0.2) is 36.9 Å². The molecule has 5 rings (SSSR count). The largest absolute Gasteiger partial charge is 0.435 e. The molecule has 0 N–H and O–H groups in total. The number of carbonyl (C=O) groups is 2. The summed E-state index contributed by atoms with van der Waals surface area (Å²) in [6.45, 7) is 3.83. The van der Waals surface area contributed by atoms with Gasteiger partial charge in [-0.3, -0.25) is 9.59 Å². The lowest BCUT2D eigenvalue weighted by atomic mass is 9.57. The Labute approximate surface area is 170 Å². The molecule has 7 nitrogen and oxygen atoms in total. The molecule has 0 amide bonds. The quantitative estimate of drug-likeness (QED) is 0.509. The lowest BCUT2D eigenvalue weighted by Crippen LogP contribution is -2.70. The number of fused-ring (bicyclic) bond motifs is 1. The monoisotopic (exact) mass is 404 g/mol. The zero-order valence-corrected chi connectivity index (χ0v) is 16.9. The molecular formula is C22H28O7. The third kappa shape index (κ3) is 4.04. The van der Waals surface area contributed by atoms with Gasteiger partial charge in [0.05, 0.1) is 12.5 Å². The molecule has 5 atom stereocenters. The average Bonchev–Trinajstić information content (AvgIpc) is 2.64. The second-order valence-corrected chi connectivity index (χ2v) is 8.25. The molecule has 1 aliphatic carbocycles. The van der Waals surface area contributed by atoms with Gasteiger partial charge in [-0.05, 0) is 30.2 Å². The van der Waals surface area contributed by atoms with Crippen molar-refractivity contribution in [3.63, 3.8) is 0 Å². The lowest BCUT2D eigenvalue weighted by molar-refractivity contribution is -0.470. The van der Waals surface area contributed by atoms with Gasteiger partial charge in [0.2, 0.25) is 12.1 Å². The Morgan fingerprint density at radius 3 is 2.66 bits per heavy atom. The maximum absolute atomic E-state index is 11.9. The summed E-state index contributed by atoms with van der Waals surface area (Å²) in [5.41, 5.74) is 0.892. The van der Waals surface area contributed by atoms with Crippen molar-refractivity contribution in [1.29, 1.82) is 0 Å². The number of hydrogen-bond donors (Lipinski definition) is 0. The molecule has 3 saturated heterocycles. The molecule has 3 aliphatic heterocycles. The second-order valence-electron chi connectivity index (χ2n) is 8.25. The van der Waals surface area contributed by atoms with Crippen molar-refractivity contribution in [3.05, 3.63) is 35.9 Å². The number of esters is 2. The first-order chi connectivity index (χ1) is 13.9. The van der Waals surface area contributed by atoms with Crippen LogP contribution in [0, 0.1) is 11.3 Å². The summed E-state index contributed by atoms with van der Waals surface area (Å²) in [6, 6.07) is 10.0. The first kappa shape index (κ1) is 20.3. The third-order valence-corrected chi connectivity index (χ3v) is 6.25. The summed E-state index contributed by atoms with van der Waals surface area (Å²) in [5, 5.41) is 0. The normalized spacial score (nSPS) is 35.2. The molecule has 1 aromatic rings. The summed E-state index contributed by atoms with van der Waals surface area (Å²) in [4.78, 5) is 23.5. The van der Waals surface area contributed by atoms with Gasteiger partial charge >= 0.3 is 11.9 Å². The summed E-state index contributed by atoms with van der Waals surface area (Å²) in [5.74, 6) is -2.31. The van der Waals surface area contributed by atoms with Gasteiger partial charge in [0.25, 0.3) is 0 Å². The summed E-state index contributed by atoms with van der Waals surface area (Å²) in [7, 11) is 0. The fourth-order valence-electron chi connectivity index (χ4n) is 5.29. The Bertz CT molecular complexity index is 751. The highest BCUT2D eigenvalue weighted by molar-refractivity contribution is 5.67. The van der Waals surface area contributed by atoms with Crippen molar-refractivity contribution in [2.24, 2.45) is 11.3 Å². The first-order valence-corrected chi connectivity index (χ1v) is 10.2. The van der Waals surface area contributed by atoms with E-state index in [1.54, 1.807) is 0 Å². The third-order valence-electron chi connectivity index (χ3n) is 6.25. The minimum Gasteiger partial charge on any atom is -0.435 e. The minimum absolute atomic E-state index is 0.230. The Morgan fingerprint density at radius 1 is 1.14 bits per heavy atom. The Balaban J connectivity index is 1.52. The first-order valence-electron chi connectivity index (χ1n) is 10.2. The minimum atomic E-state index is -1.11. The number of hydrogen-bond acceptors (Lipinski definition) is 7. The molecule has 7 heteroatoms. The predicted molar refractivity (Wildman–Crippen MR) is 101 cm³/mol. The van der Waals surface area contributed by atoms with Crippen LogP contribution in [0.2, 0.25) is 0 Å². The average molecular weight is 404 g/mol. The van der Waals surface area contributed by atoms with Crippen molar-refractivity contribution < 1.29 is 33.3 Å². The van der Waals surface area contributed by atoms with E-state index in [2.05, 4.69) is 0 Å². The topological polar surface area (TPSA) is 80.3 Å². The van der Waals surface area contributed by atoms with Gasteiger partial charge < -0.3 is 23.7 Å². The molecule has 1 aromatic carbocycles. The maximum atomic E-state index is 11.9. The SMILES string of the molecule is CC(=O)O[C@@H]1O[C@H]2C[C@]3(CCOCc4ccccc4)CCC[C@](OC(C)=O)(O2)[C@H]13. The van der Waals surface area contributed by atoms with Gasteiger partial charge in [-0.25, -0.2) is 0 Å². The van der Waals surface area contributed by atoms with Crippen LogP contribution in [0.25, 0.3) is 0 Å². The van der Waals surface area contributed by atoms with Gasteiger partial charge in [0, 0.05) is 33.3 Å². The molecule has 4 fully saturated rings. The second kappa shape index (κ2) is 8.05. The Hall–Kier alpha value is -1.96. The Morgan fingerprint density at radius 2 is 1.93 bits per heavy atom. The van der Waals surface area contributed by atoms with Crippen LogP contribution in [0.5, 0.6) is 0 Å². The molecule has 0 unspecified atom stereocenters. The fraction of sp³-hybridized carbons (Fsp3) is 0.636. The lowest BCUT2D eigenvalue weighted by Gasteiger charge is -2.63.